The highest BCUT2D eigenvalue weighted by Gasteiger charge is 2.32. The summed E-state index contributed by atoms with van der Waals surface area (Å²) in [4.78, 5) is 25.4. The Morgan fingerprint density at radius 2 is 2.20 bits per heavy atom. The second-order valence-electron chi connectivity index (χ2n) is 6.03. The summed E-state index contributed by atoms with van der Waals surface area (Å²) in [7, 11) is 0. The largest absolute Gasteiger partial charge is 0.381 e. The number of carbonyl (C=O) groups excluding carboxylic acids is 1. The standard InChI is InChI=1S/C16H18N6O3/c1-10-18-15(25-21-10)13(11-3-7-24-8-4-11)20-14(23)12-9-22-6-2-5-17-16(22)19-12/h2,5-6,9,11,13H,3-4,7-8H2,1H3,(H,20,23)/t13-/m1/s1. The molecule has 0 aliphatic carbocycles. The summed E-state index contributed by atoms with van der Waals surface area (Å²) < 4.78 is 12.4. The first-order valence-corrected chi connectivity index (χ1v) is 8.19. The average molecular weight is 342 g/mol. The summed E-state index contributed by atoms with van der Waals surface area (Å²) in [6.45, 7) is 3.06. The Bertz CT molecular complexity index is 850. The highest BCUT2D eigenvalue weighted by molar-refractivity contribution is 5.92. The molecule has 3 aromatic heterocycles. The first-order valence-electron chi connectivity index (χ1n) is 8.19. The van der Waals surface area contributed by atoms with E-state index in [2.05, 4.69) is 25.4 Å². The molecule has 25 heavy (non-hydrogen) atoms. The predicted octanol–water partition coefficient (Wildman–Crippen LogP) is 1.32. The zero-order valence-electron chi connectivity index (χ0n) is 13.8. The van der Waals surface area contributed by atoms with E-state index in [1.165, 1.54) is 0 Å². The minimum absolute atomic E-state index is 0.174. The minimum atomic E-state index is -0.365. The lowest BCUT2D eigenvalue weighted by molar-refractivity contribution is 0.0467. The van der Waals surface area contributed by atoms with Crippen molar-refractivity contribution in [2.45, 2.75) is 25.8 Å². The van der Waals surface area contributed by atoms with Crippen LogP contribution in [-0.4, -0.2) is 43.6 Å². The van der Waals surface area contributed by atoms with Crippen LogP contribution in [0.3, 0.4) is 0 Å². The second-order valence-corrected chi connectivity index (χ2v) is 6.03. The van der Waals surface area contributed by atoms with E-state index in [9.17, 15) is 4.79 Å². The van der Waals surface area contributed by atoms with Crippen molar-refractivity contribution in [2.75, 3.05) is 13.2 Å². The molecule has 1 N–H and O–H groups in total. The van der Waals surface area contributed by atoms with Gasteiger partial charge in [0.25, 0.3) is 5.91 Å². The van der Waals surface area contributed by atoms with Gasteiger partial charge in [-0.1, -0.05) is 5.16 Å². The molecule has 130 valence electrons. The van der Waals surface area contributed by atoms with Gasteiger partial charge in [-0.3, -0.25) is 9.20 Å². The highest BCUT2D eigenvalue weighted by atomic mass is 16.5. The fourth-order valence-electron chi connectivity index (χ4n) is 3.02. The zero-order valence-corrected chi connectivity index (χ0v) is 13.8. The van der Waals surface area contributed by atoms with Gasteiger partial charge in [0.2, 0.25) is 11.7 Å². The van der Waals surface area contributed by atoms with Gasteiger partial charge in [0.1, 0.15) is 11.7 Å². The maximum absolute atomic E-state index is 12.7. The third-order valence-electron chi connectivity index (χ3n) is 4.30. The Labute approximate surface area is 143 Å². The van der Waals surface area contributed by atoms with Crippen LogP contribution < -0.4 is 5.32 Å². The summed E-state index contributed by atoms with van der Waals surface area (Å²) in [5, 5.41) is 6.85. The molecule has 1 aliphatic rings. The molecule has 0 aromatic carbocycles. The quantitative estimate of drug-likeness (QED) is 0.762. The summed E-state index contributed by atoms with van der Waals surface area (Å²) in [5.74, 6) is 1.31. The van der Waals surface area contributed by atoms with Crippen molar-refractivity contribution < 1.29 is 14.1 Å². The van der Waals surface area contributed by atoms with Crippen LogP contribution in [0.2, 0.25) is 0 Å². The van der Waals surface area contributed by atoms with Crippen LogP contribution >= 0.6 is 0 Å². The van der Waals surface area contributed by atoms with Crippen LogP contribution in [0.25, 0.3) is 5.78 Å². The van der Waals surface area contributed by atoms with Gasteiger partial charge >= 0.3 is 0 Å². The van der Waals surface area contributed by atoms with E-state index in [1.807, 2.05) is 0 Å². The number of fused-ring (bicyclic) bond motifs is 1. The minimum Gasteiger partial charge on any atom is -0.381 e. The number of aryl methyl sites for hydroxylation is 1. The number of carbonyl (C=O) groups is 1. The molecular weight excluding hydrogens is 324 g/mol. The third-order valence-corrected chi connectivity index (χ3v) is 4.30. The number of hydrogen-bond acceptors (Lipinski definition) is 7. The Balaban J connectivity index is 1.59. The van der Waals surface area contributed by atoms with E-state index >= 15 is 0 Å². The van der Waals surface area contributed by atoms with E-state index in [0.29, 0.717) is 36.4 Å². The van der Waals surface area contributed by atoms with Gasteiger partial charge in [0.15, 0.2) is 5.82 Å². The van der Waals surface area contributed by atoms with Crippen LogP contribution in [0, 0.1) is 12.8 Å². The number of aromatic nitrogens is 5. The van der Waals surface area contributed by atoms with Crippen LogP contribution in [0.1, 0.15) is 41.1 Å². The number of nitrogens with one attached hydrogen (secondary N) is 1. The lowest BCUT2D eigenvalue weighted by Crippen LogP contribution is -2.36. The highest BCUT2D eigenvalue weighted by Crippen LogP contribution is 2.29. The molecule has 4 heterocycles. The van der Waals surface area contributed by atoms with Crippen LogP contribution in [-0.2, 0) is 4.74 Å². The molecule has 0 unspecified atom stereocenters. The van der Waals surface area contributed by atoms with Crippen molar-refractivity contribution in [1.82, 2.24) is 29.8 Å². The number of hydrogen-bond donors (Lipinski definition) is 1. The predicted molar refractivity (Wildman–Crippen MR) is 85.8 cm³/mol. The molecule has 0 saturated carbocycles. The number of nitrogens with zero attached hydrogens (tertiary/aromatic N) is 5. The van der Waals surface area contributed by atoms with E-state index in [0.717, 1.165) is 12.8 Å². The molecule has 1 saturated heterocycles. The molecule has 1 atom stereocenters. The molecule has 0 radical (unpaired) electrons. The molecule has 9 nitrogen and oxygen atoms in total. The lowest BCUT2D eigenvalue weighted by Gasteiger charge is -2.28. The van der Waals surface area contributed by atoms with Gasteiger partial charge in [-0.25, -0.2) is 9.97 Å². The molecule has 1 fully saturated rings. The Kier molecular flexibility index (Phi) is 4.14. The van der Waals surface area contributed by atoms with Crippen molar-refractivity contribution in [3.05, 3.63) is 42.1 Å². The molecule has 1 aliphatic heterocycles. The zero-order chi connectivity index (χ0) is 17.2. The third kappa shape index (κ3) is 3.22. The van der Waals surface area contributed by atoms with E-state index in [1.54, 1.807) is 36.0 Å². The molecule has 3 aromatic rings. The molecule has 9 heteroatoms. The number of rotatable bonds is 4. The molecule has 1 amide bonds. The van der Waals surface area contributed by atoms with Gasteiger partial charge in [0, 0.05) is 31.8 Å². The van der Waals surface area contributed by atoms with E-state index < -0.39 is 0 Å². The summed E-state index contributed by atoms with van der Waals surface area (Å²) >= 11 is 0. The van der Waals surface area contributed by atoms with E-state index in [4.69, 9.17) is 9.26 Å². The smallest absolute Gasteiger partial charge is 0.272 e. The number of ether oxygens (including phenoxy) is 1. The van der Waals surface area contributed by atoms with Crippen molar-refractivity contribution in [3.63, 3.8) is 0 Å². The number of imidazole rings is 1. The Morgan fingerprint density at radius 1 is 1.36 bits per heavy atom. The van der Waals surface area contributed by atoms with Gasteiger partial charge in [-0.15, -0.1) is 0 Å². The fraction of sp³-hybridized carbons (Fsp3) is 0.438. The summed E-state index contributed by atoms with van der Waals surface area (Å²) in [6, 6.07) is 1.41. The molecule has 4 rings (SSSR count). The molecular formula is C16H18N6O3. The van der Waals surface area contributed by atoms with Crippen molar-refractivity contribution in [3.8, 4) is 0 Å². The first-order chi connectivity index (χ1) is 12.2. The Hall–Kier alpha value is -2.81. The van der Waals surface area contributed by atoms with Crippen molar-refractivity contribution in [1.29, 1.82) is 0 Å². The molecule has 0 spiro atoms. The fourth-order valence-corrected chi connectivity index (χ4v) is 3.02. The maximum atomic E-state index is 12.7. The van der Waals surface area contributed by atoms with Crippen molar-refractivity contribution >= 4 is 11.7 Å². The topological polar surface area (TPSA) is 107 Å². The van der Waals surface area contributed by atoms with Gasteiger partial charge < -0.3 is 14.6 Å². The normalized spacial score (nSPS) is 16.8. The van der Waals surface area contributed by atoms with Crippen LogP contribution in [0.4, 0.5) is 0 Å². The number of amides is 1. The van der Waals surface area contributed by atoms with Gasteiger partial charge in [0.05, 0.1) is 0 Å². The van der Waals surface area contributed by atoms with Crippen LogP contribution in [0.15, 0.2) is 29.2 Å². The van der Waals surface area contributed by atoms with Gasteiger partial charge in [-0.2, -0.15) is 4.98 Å². The second kappa shape index (κ2) is 6.60. The Morgan fingerprint density at radius 3 is 2.92 bits per heavy atom. The first kappa shape index (κ1) is 15.7. The summed E-state index contributed by atoms with van der Waals surface area (Å²) in [6.07, 6.45) is 6.72. The average Bonchev–Trinajstić information content (AvgIpc) is 3.26. The van der Waals surface area contributed by atoms with E-state index in [-0.39, 0.29) is 17.9 Å². The molecule has 0 bridgehead atoms. The lowest BCUT2D eigenvalue weighted by atomic mass is 9.91. The van der Waals surface area contributed by atoms with Crippen LogP contribution in [0.5, 0.6) is 0 Å². The SMILES string of the molecule is Cc1noc([C@H](NC(=O)c2cn3cccnc3n2)C2CCOCC2)n1. The van der Waals surface area contributed by atoms with Crippen molar-refractivity contribution in [2.24, 2.45) is 5.92 Å². The monoisotopic (exact) mass is 342 g/mol. The van der Waals surface area contributed by atoms with Gasteiger partial charge in [-0.05, 0) is 31.7 Å². The maximum Gasteiger partial charge on any atom is 0.272 e. The summed E-state index contributed by atoms with van der Waals surface area (Å²) in [5.41, 5.74) is 0.298.